The first-order valence-electron chi connectivity index (χ1n) is 7.99. The molecule has 0 spiro atoms. The number of benzene rings is 1. The van der Waals surface area contributed by atoms with Crippen LogP contribution < -0.4 is 10.1 Å². The molecular weight excluding hydrogens is 344 g/mol. The average molecular weight is 361 g/mol. The van der Waals surface area contributed by atoms with Crippen LogP contribution in [0.15, 0.2) is 48.9 Å². The van der Waals surface area contributed by atoms with Crippen LogP contribution in [0.2, 0.25) is 0 Å². The molecule has 2 heterocycles. The van der Waals surface area contributed by atoms with Crippen LogP contribution in [0.1, 0.15) is 16.9 Å². The lowest BCUT2D eigenvalue weighted by Gasteiger charge is -2.07. The summed E-state index contributed by atoms with van der Waals surface area (Å²) in [6.45, 7) is 1.09. The third-order valence-electron chi connectivity index (χ3n) is 3.53. The molecule has 2 aromatic heterocycles. The predicted octanol–water partition coefficient (Wildman–Crippen LogP) is 2.21. The quantitative estimate of drug-likeness (QED) is 0.625. The Balaban J connectivity index is 1.45. The van der Waals surface area contributed by atoms with E-state index < -0.39 is 11.6 Å². The molecule has 1 amide bonds. The van der Waals surface area contributed by atoms with Gasteiger partial charge in [0.15, 0.2) is 18.3 Å². The lowest BCUT2D eigenvalue weighted by atomic mass is 10.3. The predicted molar refractivity (Wildman–Crippen MR) is 88.4 cm³/mol. The highest BCUT2D eigenvalue weighted by atomic mass is 19.1. The van der Waals surface area contributed by atoms with Gasteiger partial charge in [0.25, 0.3) is 5.91 Å². The van der Waals surface area contributed by atoms with Gasteiger partial charge in [-0.3, -0.25) is 9.48 Å². The van der Waals surface area contributed by atoms with Crippen molar-refractivity contribution in [2.75, 3.05) is 6.54 Å². The minimum absolute atomic E-state index is 0.0912. The molecule has 0 bridgehead atoms. The van der Waals surface area contributed by atoms with Crippen LogP contribution in [-0.2, 0) is 13.3 Å². The lowest BCUT2D eigenvalue weighted by molar-refractivity contribution is 0.0945. The van der Waals surface area contributed by atoms with Crippen LogP contribution in [0, 0.1) is 11.6 Å². The summed E-state index contributed by atoms with van der Waals surface area (Å²) in [6, 6.07) is 6.41. The summed E-state index contributed by atoms with van der Waals surface area (Å²) in [4.78, 5) is 12.0. The normalized spacial score (nSPS) is 10.7. The van der Waals surface area contributed by atoms with Crippen LogP contribution in [0.3, 0.4) is 0 Å². The number of aryl methyl sites for hydroxylation is 1. The molecule has 0 fully saturated rings. The van der Waals surface area contributed by atoms with E-state index in [0.29, 0.717) is 13.1 Å². The molecule has 136 valence electrons. The number of hydrogen-bond acceptors (Lipinski definition) is 4. The molecule has 26 heavy (non-hydrogen) atoms. The molecule has 0 aliphatic carbocycles. The zero-order chi connectivity index (χ0) is 18.4. The number of hydrogen-bond donors (Lipinski definition) is 1. The minimum Gasteiger partial charge on any atom is -0.468 e. The van der Waals surface area contributed by atoms with Crippen LogP contribution in [0.25, 0.3) is 0 Å². The van der Waals surface area contributed by atoms with Crippen molar-refractivity contribution in [2.45, 2.75) is 19.7 Å². The maximum atomic E-state index is 13.5. The molecule has 0 unspecified atom stereocenters. The van der Waals surface area contributed by atoms with E-state index >= 15 is 0 Å². The topological polar surface area (TPSA) is 74.0 Å². The van der Waals surface area contributed by atoms with Crippen molar-refractivity contribution in [1.82, 2.24) is 24.9 Å². The van der Waals surface area contributed by atoms with Gasteiger partial charge in [-0.25, -0.2) is 13.5 Å². The average Bonchev–Trinajstić information content (AvgIpc) is 3.29. The van der Waals surface area contributed by atoms with Gasteiger partial charge in [0.05, 0.1) is 0 Å². The minimum atomic E-state index is -0.799. The molecule has 0 aliphatic heterocycles. The third-order valence-corrected chi connectivity index (χ3v) is 3.53. The van der Waals surface area contributed by atoms with E-state index in [2.05, 4.69) is 15.5 Å². The molecule has 3 rings (SSSR count). The zero-order valence-corrected chi connectivity index (χ0v) is 13.8. The highest BCUT2D eigenvalue weighted by molar-refractivity contribution is 5.92. The van der Waals surface area contributed by atoms with Gasteiger partial charge in [-0.05, 0) is 30.7 Å². The van der Waals surface area contributed by atoms with Gasteiger partial charge in [0.2, 0.25) is 0 Å². The van der Waals surface area contributed by atoms with Crippen LogP contribution in [0.5, 0.6) is 5.75 Å². The maximum absolute atomic E-state index is 13.5. The van der Waals surface area contributed by atoms with E-state index in [1.807, 2.05) is 12.3 Å². The molecular formula is C17H17F2N5O2. The summed E-state index contributed by atoms with van der Waals surface area (Å²) >= 11 is 0. The molecule has 0 radical (unpaired) electrons. The van der Waals surface area contributed by atoms with Crippen molar-refractivity contribution in [3.8, 4) is 5.75 Å². The van der Waals surface area contributed by atoms with Crippen molar-refractivity contribution in [2.24, 2.45) is 0 Å². The number of carbonyl (C=O) groups excluding carboxylic acids is 1. The first-order valence-corrected chi connectivity index (χ1v) is 7.99. The maximum Gasteiger partial charge on any atom is 0.271 e. The summed E-state index contributed by atoms with van der Waals surface area (Å²) in [5.74, 6) is -1.88. The fraction of sp³-hybridized carbons (Fsp3) is 0.235. The van der Waals surface area contributed by atoms with Crippen molar-refractivity contribution < 1.29 is 18.3 Å². The summed E-state index contributed by atoms with van der Waals surface area (Å²) in [5, 5.41) is 10.9. The van der Waals surface area contributed by atoms with E-state index in [9.17, 15) is 13.6 Å². The van der Waals surface area contributed by atoms with Crippen LogP contribution in [-0.4, -0.2) is 32.0 Å². The largest absolute Gasteiger partial charge is 0.468 e. The highest BCUT2D eigenvalue weighted by Gasteiger charge is 2.10. The number of ether oxygens (including phenoxy) is 1. The van der Waals surface area contributed by atoms with E-state index in [0.717, 1.165) is 18.6 Å². The van der Waals surface area contributed by atoms with Gasteiger partial charge in [-0.2, -0.15) is 10.2 Å². The number of halogens is 2. The molecule has 0 saturated carbocycles. The van der Waals surface area contributed by atoms with Gasteiger partial charge in [0, 0.05) is 37.7 Å². The monoisotopic (exact) mass is 361 g/mol. The summed E-state index contributed by atoms with van der Waals surface area (Å²) < 4.78 is 34.7. The number of amides is 1. The lowest BCUT2D eigenvalue weighted by Crippen LogP contribution is -2.26. The molecule has 0 aliphatic rings. The Labute approximate surface area is 148 Å². The van der Waals surface area contributed by atoms with Gasteiger partial charge >= 0.3 is 0 Å². The van der Waals surface area contributed by atoms with Gasteiger partial charge in [0.1, 0.15) is 11.5 Å². The molecule has 3 aromatic rings. The Bertz CT molecular complexity index is 864. The Morgan fingerprint density at radius 1 is 1.19 bits per heavy atom. The number of aromatic nitrogens is 4. The Hall–Kier alpha value is -3.23. The molecule has 1 aromatic carbocycles. The highest BCUT2D eigenvalue weighted by Crippen LogP contribution is 2.17. The molecule has 0 atom stereocenters. The van der Waals surface area contributed by atoms with E-state index in [1.165, 1.54) is 16.8 Å². The third kappa shape index (κ3) is 4.65. The molecule has 7 nitrogen and oxygen atoms in total. The zero-order valence-electron chi connectivity index (χ0n) is 13.8. The molecule has 0 saturated heterocycles. The van der Waals surface area contributed by atoms with Gasteiger partial charge < -0.3 is 10.1 Å². The molecule has 9 heteroatoms. The first-order chi connectivity index (χ1) is 12.6. The second-order valence-corrected chi connectivity index (χ2v) is 5.47. The van der Waals surface area contributed by atoms with E-state index in [-0.39, 0.29) is 24.1 Å². The van der Waals surface area contributed by atoms with Crippen molar-refractivity contribution in [3.05, 3.63) is 66.3 Å². The second kappa shape index (κ2) is 8.24. The number of nitrogens with one attached hydrogen (secondary N) is 1. The summed E-state index contributed by atoms with van der Waals surface area (Å²) in [7, 11) is 0. The SMILES string of the molecule is O=C(NCCCn1cccn1)c1ccn(COc2ccc(F)cc2F)n1. The number of nitrogens with zero attached hydrogens (tertiary/aromatic N) is 4. The Morgan fingerprint density at radius 3 is 2.85 bits per heavy atom. The van der Waals surface area contributed by atoms with E-state index in [4.69, 9.17) is 4.74 Å². The van der Waals surface area contributed by atoms with Gasteiger partial charge in [-0.1, -0.05) is 0 Å². The van der Waals surface area contributed by atoms with Crippen LogP contribution in [0.4, 0.5) is 8.78 Å². The number of rotatable bonds is 8. The van der Waals surface area contributed by atoms with Crippen molar-refractivity contribution >= 4 is 5.91 Å². The summed E-state index contributed by atoms with van der Waals surface area (Å²) in [6.07, 6.45) is 5.83. The van der Waals surface area contributed by atoms with Gasteiger partial charge in [-0.15, -0.1) is 0 Å². The fourth-order valence-electron chi connectivity index (χ4n) is 2.25. The second-order valence-electron chi connectivity index (χ2n) is 5.47. The first kappa shape index (κ1) is 17.6. The number of carbonyl (C=O) groups is 1. The standard InChI is InChI=1S/C17H17F2N5O2/c18-13-3-4-16(14(19)11-13)26-12-24-10-5-15(22-24)17(25)20-6-1-8-23-9-2-7-21-23/h2-5,7,9-11H,1,6,8,12H2,(H,20,25). The van der Waals surface area contributed by atoms with Crippen molar-refractivity contribution in [3.63, 3.8) is 0 Å². The molecule has 1 N–H and O–H groups in total. The van der Waals surface area contributed by atoms with E-state index in [1.54, 1.807) is 17.1 Å². The smallest absolute Gasteiger partial charge is 0.271 e. The fourth-order valence-corrected chi connectivity index (χ4v) is 2.25. The van der Waals surface area contributed by atoms with Crippen LogP contribution >= 0.6 is 0 Å². The van der Waals surface area contributed by atoms with Crippen molar-refractivity contribution in [1.29, 1.82) is 0 Å². The Kier molecular flexibility index (Phi) is 5.57. The summed E-state index contributed by atoms with van der Waals surface area (Å²) in [5.41, 5.74) is 0.229. The Morgan fingerprint density at radius 2 is 2.08 bits per heavy atom.